The van der Waals surface area contributed by atoms with Crippen LogP contribution in [-0.4, -0.2) is 15.5 Å². The number of unbranched alkanes of at least 4 members (excludes halogenated alkanes) is 1. The summed E-state index contributed by atoms with van der Waals surface area (Å²) in [7, 11) is 1.68. The number of aryl methyl sites for hydroxylation is 1. The maximum absolute atomic E-state index is 13.1. The number of rotatable bonds is 7. The molecule has 6 heteroatoms. The molecule has 0 radical (unpaired) electrons. The van der Waals surface area contributed by atoms with Gasteiger partial charge in [0.05, 0.1) is 0 Å². The topological polar surface area (TPSA) is 90.0 Å². The number of aromatic nitrogens is 2. The maximum Gasteiger partial charge on any atom is 0.273 e. The summed E-state index contributed by atoms with van der Waals surface area (Å²) >= 11 is 0. The minimum Gasteiger partial charge on any atom is -0.383 e. The monoisotopic (exact) mass is 430 g/mol. The van der Waals surface area contributed by atoms with Gasteiger partial charge in [-0.05, 0) is 55.9 Å². The number of anilines is 2. The van der Waals surface area contributed by atoms with Gasteiger partial charge in [-0.15, -0.1) is 0 Å². The molecule has 2 aromatic carbocycles. The van der Waals surface area contributed by atoms with Crippen LogP contribution in [0.25, 0.3) is 11.3 Å². The number of nitrogens with zero attached hydrogens (tertiary/aromatic N) is 2. The van der Waals surface area contributed by atoms with Crippen LogP contribution >= 0.6 is 0 Å². The van der Waals surface area contributed by atoms with Gasteiger partial charge in [0.1, 0.15) is 17.2 Å². The molecule has 0 aliphatic heterocycles. The fraction of sp³-hybridized carbons (Fsp3) is 0.346. The lowest BCUT2D eigenvalue weighted by Gasteiger charge is -2.17. The lowest BCUT2D eigenvalue weighted by atomic mass is 10.00. The van der Waals surface area contributed by atoms with Crippen molar-refractivity contribution in [2.45, 2.75) is 51.9 Å². The Kier molecular flexibility index (Phi) is 6.12. The summed E-state index contributed by atoms with van der Waals surface area (Å²) in [5, 5.41) is 3.07. The van der Waals surface area contributed by atoms with Crippen LogP contribution < -0.4 is 16.6 Å². The molecule has 1 saturated carbocycles. The average molecular weight is 431 g/mol. The van der Waals surface area contributed by atoms with E-state index in [4.69, 9.17) is 5.73 Å². The number of nitrogens with two attached hydrogens (primary N) is 1. The highest BCUT2D eigenvalue weighted by Crippen LogP contribution is 2.39. The van der Waals surface area contributed by atoms with E-state index in [1.165, 1.54) is 4.57 Å². The van der Waals surface area contributed by atoms with E-state index in [0.717, 1.165) is 48.8 Å². The Balaban J connectivity index is 1.69. The number of nitrogens with one attached hydrogen (secondary N) is 1. The van der Waals surface area contributed by atoms with E-state index in [-0.39, 0.29) is 17.4 Å². The van der Waals surface area contributed by atoms with Crippen LogP contribution in [0.2, 0.25) is 0 Å². The Morgan fingerprint density at radius 2 is 1.94 bits per heavy atom. The van der Waals surface area contributed by atoms with Crippen molar-refractivity contribution in [3.63, 3.8) is 0 Å². The van der Waals surface area contributed by atoms with Gasteiger partial charge in [0.2, 0.25) is 0 Å². The molecule has 3 N–H and O–H groups in total. The number of carbonyl (C=O) groups is 1. The third-order valence-electron chi connectivity index (χ3n) is 6.22. The first-order valence-corrected chi connectivity index (χ1v) is 11.3. The quantitative estimate of drug-likeness (QED) is 0.563. The minimum atomic E-state index is -0.128. The van der Waals surface area contributed by atoms with Crippen molar-refractivity contribution in [2.75, 3.05) is 11.1 Å². The number of carbonyl (C=O) groups excluding carboxylic acids is 1. The Morgan fingerprint density at radius 3 is 2.66 bits per heavy atom. The molecule has 1 aliphatic rings. The zero-order valence-corrected chi connectivity index (χ0v) is 18.9. The molecule has 0 bridgehead atoms. The number of hydrogen-bond acceptors (Lipinski definition) is 4. The second kappa shape index (κ2) is 8.99. The van der Waals surface area contributed by atoms with Crippen molar-refractivity contribution in [1.29, 1.82) is 0 Å². The molecule has 3 aromatic rings. The van der Waals surface area contributed by atoms with Crippen molar-refractivity contribution in [3.05, 3.63) is 75.2 Å². The molecule has 0 spiro atoms. The summed E-state index contributed by atoms with van der Waals surface area (Å²) in [4.78, 5) is 30.4. The Hall–Kier alpha value is -3.41. The average Bonchev–Trinajstić information content (AvgIpc) is 3.63. The highest BCUT2D eigenvalue weighted by molar-refractivity contribution is 6.06. The summed E-state index contributed by atoms with van der Waals surface area (Å²) in [6, 6.07) is 13.4. The smallest absolute Gasteiger partial charge is 0.273 e. The van der Waals surface area contributed by atoms with Crippen LogP contribution in [0.4, 0.5) is 11.5 Å². The Labute approximate surface area is 188 Å². The van der Waals surface area contributed by atoms with Gasteiger partial charge in [0, 0.05) is 29.8 Å². The first-order valence-electron chi connectivity index (χ1n) is 11.3. The van der Waals surface area contributed by atoms with E-state index >= 15 is 0 Å². The van der Waals surface area contributed by atoms with Crippen molar-refractivity contribution in [2.24, 2.45) is 7.05 Å². The predicted molar refractivity (Wildman–Crippen MR) is 129 cm³/mol. The maximum atomic E-state index is 13.1. The van der Waals surface area contributed by atoms with Gasteiger partial charge in [-0.25, -0.2) is 4.98 Å². The van der Waals surface area contributed by atoms with Gasteiger partial charge in [0.25, 0.3) is 11.5 Å². The lowest BCUT2D eigenvalue weighted by molar-refractivity contribution is 0.102. The summed E-state index contributed by atoms with van der Waals surface area (Å²) in [5.74, 6) is 0.420. The fourth-order valence-corrected chi connectivity index (χ4v) is 4.03. The van der Waals surface area contributed by atoms with Gasteiger partial charge in [0.15, 0.2) is 0 Å². The standard InChI is InChI=1S/C26H30N4O2/c1-4-5-9-17-10-6-7-11-20(17)25(31)28-21-13-8-12-19(16(21)2)23-24(27)30(3)26(32)22(29-23)18-14-15-18/h6-8,10-13,18H,4-5,9,14-15,27H2,1-3H3,(H,28,31). The highest BCUT2D eigenvalue weighted by atomic mass is 16.1. The Bertz CT molecular complexity index is 1220. The number of nitrogen functional groups attached to an aromatic ring is 1. The minimum absolute atomic E-state index is 0.125. The lowest BCUT2D eigenvalue weighted by Crippen LogP contribution is -2.26. The molecule has 1 heterocycles. The normalized spacial score (nSPS) is 13.2. The van der Waals surface area contributed by atoms with Crippen LogP contribution in [-0.2, 0) is 13.5 Å². The largest absolute Gasteiger partial charge is 0.383 e. The summed E-state index contributed by atoms with van der Waals surface area (Å²) in [6.07, 6.45) is 4.96. The van der Waals surface area contributed by atoms with Gasteiger partial charge in [-0.3, -0.25) is 14.2 Å². The molecule has 0 unspecified atom stereocenters. The number of amides is 1. The van der Waals surface area contributed by atoms with E-state index < -0.39 is 0 Å². The third kappa shape index (κ3) is 4.17. The first kappa shape index (κ1) is 21.8. The van der Waals surface area contributed by atoms with E-state index in [1.54, 1.807) is 7.05 Å². The number of hydrogen-bond donors (Lipinski definition) is 2. The summed E-state index contributed by atoms with van der Waals surface area (Å²) in [6.45, 7) is 4.09. The molecule has 1 aliphatic carbocycles. The molecule has 32 heavy (non-hydrogen) atoms. The molecule has 0 saturated heterocycles. The van der Waals surface area contributed by atoms with E-state index in [2.05, 4.69) is 17.2 Å². The molecule has 6 nitrogen and oxygen atoms in total. The highest BCUT2D eigenvalue weighted by Gasteiger charge is 2.30. The van der Waals surface area contributed by atoms with E-state index in [1.807, 2.05) is 49.4 Å². The predicted octanol–water partition coefficient (Wildman–Crippen LogP) is 4.81. The van der Waals surface area contributed by atoms with Crippen LogP contribution in [0.15, 0.2) is 47.3 Å². The van der Waals surface area contributed by atoms with Gasteiger partial charge in [-0.1, -0.05) is 43.7 Å². The van der Waals surface area contributed by atoms with Crippen molar-refractivity contribution in [1.82, 2.24) is 9.55 Å². The van der Waals surface area contributed by atoms with E-state index in [0.29, 0.717) is 28.5 Å². The Morgan fingerprint density at radius 1 is 1.19 bits per heavy atom. The second-order valence-electron chi connectivity index (χ2n) is 8.56. The summed E-state index contributed by atoms with van der Waals surface area (Å²) in [5.41, 5.74) is 11.5. The molecule has 0 atom stereocenters. The zero-order chi connectivity index (χ0) is 22.8. The molecular formula is C26H30N4O2. The van der Waals surface area contributed by atoms with Crippen molar-refractivity contribution < 1.29 is 4.79 Å². The van der Waals surface area contributed by atoms with Crippen LogP contribution in [0.5, 0.6) is 0 Å². The molecule has 1 aromatic heterocycles. The third-order valence-corrected chi connectivity index (χ3v) is 6.22. The second-order valence-corrected chi connectivity index (χ2v) is 8.56. The molecule has 4 rings (SSSR count). The van der Waals surface area contributed by atoms with Gasteiger partial charge >= 0.3 is 0 Å². The SMILES string of the molecule is CCCCc1ccccc1C(=O)Nc1cccc(-c2nc(C3CC3)c(=O)n(C)c2N)c1C. The summed E-state index contributed by atoms with van der Waals surface area (Å²) < 4.78 is 1.48. The molecule has 1 amide bonds. The van der Waals surface area contributed by atoms with Crippen molar-refractivity contribution >= 4 is 17.4 Å². The zero-order valence-electron chi connectivity index (χ0n) is 18.9. The molecular weight excluding hydrogens is 400 g/mol. The number of benzene rings is 2. The van der Waals surface area contributed by atoms with E-state index in [9.17, 15) is 9.59 Å². The van der Waals surface area contributed by atoms with Crippen molar-refractivity contribution in [3.8, 4) is 11.3 Å². The van der Waals surface area contributed by atoms with Crippen LogP contribution in [0.3, 0.4) is 0 Å². The van der Waals surface area contributed by atoms with Crippen LogP contribution in [0.1, 0.15) is 65.7 Å². The van der Waals surface area contributed by atoms with Gasteiger partial charge < -0.3 is 11.1 Å². The fourth-order valence-electron chi connectivity index (χ4n) is 4.03. The molecule has 166 valence electrons. The van der Waals surface area contributed by atoms with Crippen LogP contribution in [0, 0.1) is 6.92 Å². The van der Waals surface area contributed by atoms with Gasteiger partial charge in [-0.2, -0.15) is 0 Å². The first-order chi connectivity index (χ1) is 15.4. The molecule has 1 fully saturated rings.